The smallest absolute Gasteiger partial charge is 0 e. The molecule has 25 heavy (non-hydrogen) atoms. The van der Waals surface area contributed by atoms with Crippen LogP contribution in [0.3, 0.4) is 0 Å². The standard InChI is InChI=1S/C13H17Cl2NO2.3CO.Cr/c14-5-7-16(8-6-15)12-3-1-11(2-4-12)13-17-9-10-18-13;3*1-2;/h1-4,13H,5-10H2;;;;. The number of hydrogen-bond donors (Lipinski definition) is 0. The van der Waals surface area contributed by atoms with Gasteiger partial charge in [0.2, 0.25) is 0 Å². The van der Waals surface area contributed by atoms with Gasteiger partial charge in [0.25, 0.3) is 0 Å². The van der Waals surface area contributed by atoms with Crippen molar-refractivity contribution in [1.82, 2.24) is 0 Å². The van der Waals surface area contributed by atoms with E-state index in [1.807, 2.05) is 12.1 Å². The molecule has 0 atom stereocenters. The van der Waals surface area contributed by atoms with Crippen molar-refractivity contribution in [3.63, 3.8) is 0 Å². The van der Waals surface area contributed by atoms with Gasteiger partial charge in [0.1, 0.15) is 0 Å². The third-order valence-corrected chi connectivity index (χ3v) is 3.20. The number of benzene rings is 1. The fraction of sp³-hybridized carbons (Fsp3) is 0.438. The Bertz CT molecular complexity index is 455. The van der Waals surface area contributed by atoms with Crippen molar-refractivity contribution >= 4 is 28.9 Å². The number of anilines is 1. The second-order valence-electron chi connectivity index (χ2n) is 4.03. The van der Waals surface area contributed by atoms with Crippen molar-refractivity contribution in [3.8, 4) is 0 Å². The summed E-state index contributed by atoms with van der Waals surface area (Å²) < 4.78 is 33.4. The Kier molecular flexibility index (Phi) is 24.8. The van der Waals surface area contributed by atoms with Crippen molar-refractivity contribution in [3.05, 3.63) is 49.8 Å². The molecule has 0 amide bonds. The molecule has 1 aromatic carbocycles. The molecule has 0 radical (unpaired) electrons. The monoisotopic (exact) mass is 425 g/mol. The number of halogens is 2. The molecule has 0 saturated carbocycles. The molecule has 1 aromatic rings. The summed E-state index contributed by atoms with van der Waals surface area (Å²) in [5, 5.41) is 0. The van der Waals surface area contributed by atoms with Crippen LogP contribution in [0.2, 0.25) is 0 Å². The average Bonchev–Trinajstić information content (AvgIpc) is 3.21. The van der Waals surface area contributed by atoms with Gasteiger partial charge in [-0.05, 0) is 12.1 Å². The Morgan fingerprint density at radius 3 is 1.64 bits per heavy atom. The summed E-state index contributed by atoms with van der Waals surface area (Å²) in [5.74, 6) is 1.18. The molecule has 136 valence electrons. The quantitative estimate of drug-likeness (QED) is 0.399. The first kappa shape index (κ1) is 29.1. The first-order valence-electron chi connectivity index (χ1n) is 6.66. The molecule has 1 heterocycles. The average molecular weight is 426 g/mol. The van der Waals surface area contributed by atoms with E-state index in [9.17, 15) is 0 Å². The molecule has 9 heteroatoms. The molecule has 1 fully saturated rings. The first-order valence-corrected chi connectivity index (χ1v) is 7.73. The van der Waals surface area contributed by atoms with E-state index in [1.165, 1.54) is 0 Å². The van der Waals surface area contributed by atoms with E-state index >= 15 is 0 Å². The van der Waals surface area contributed by atoms with Crippen molar-refractivity contribution in [1.29, 1.82) is 0 Å². The topological polar surface area (TPSA) is 81.4 Å². The van der Waals surface area contributed by atoms with Crippen molar-refractivity contribution in [2.24, 2.45) is 0 Å². The maximum absolute atomic E-state index is 7.50. The molecular formula is C16H17Cl2CrNO5. The number of ether oxygens (including phenoxy) is 2. The SMILES string of the molecule is ClCCN(CCCl)c1ccc(C2OCCO2)cc1.[C-]#[O+].[C-]#[O+].[C-]#[O+].[Cr]. The largest absolute Gasteiger partial charge is 0 e. The van der Waals surface area contributed by atoms with Crippen LogP contribution in [-0.4, -0.2) is 38.1 Å². The molecule has 0 N–H and O–H groups in total. The zero-order chi connectivity index (χ0) is 18.8. The maximum atomic E-state index is 7.50. The van der Waals surface area contributed by atoms with E-state index in [0.29, 0.717) is 25.0 Å². The third-order valence-electron chi connectivity index (χ3n) is 2.86. The fourth-order valence-electron chi connectivity index (χ4n) is 1.97. The Balaban J connectivity index is -0.000000626. The Labute approximate surface area is 168 Å². The molecule has 1 saturated heterocycles. The summed E-state index contributed by atoms with van der Waals surface area (Å²) in [7, 11) is 0. The zero-order valence-electron chi connectivity index (χ0n) is 13.3. The van der Waals surface area contributed by atoms with Crippen LogP contribution < -0.4 is 4.90 Å². The molecule has 0 unspecified atom stereocenters. The summed E-state index contributed by atoms with van der Waals surface area (Å²) in [6, 6.07) is 8.17. The predicted molar refractivity (Wildman–Crippen MR) is 86.5 cm³/mol. The Hall–Kier alpha value is -0.728. The van der Waals surface area contributed by atoms with Gasteiger partial charge in [-0.25, -0.2) is 0 Å². The van der Waals surface area contributed by atoms with Gasteiger partial charge in [0.15, 0.2) is 6.29 Å². The van der Waals surface area contributed by atoms with Gasteiger partial charge in [0, 0.05) is 53.5 Å². The molecule has 0 spiro atoms. The van der Waals surface area contributed by atoms with Crippen LogP contribution in [0.1, 0.15) is 11.9 Å². The minimum Gasteiger partial charge on any atom is 0 e. The minimum atomic E-state index is -0.214. The van der Waals surface area contributed by atoms with Crippen molar-refractivity contribution in [2.75, 3.05) is 43.0 Å². The van der Waals surface area contributed by atoms with Gasteiger partial charge in [-0.1, -0.05) is 12.1 Å². The Morgan fingerprint density at radius 2 is 1.28 bits per heavy atom. The molecular weight excluding hydrogens is 409 g/mol. The van der Waals surface area contributed by atoms with Crippen LogP contribution in [0.5, 0.6) is 0 Å². The molecule has 0 aliphatic carbocycles. The van der Waals surface area contributed by atoms with Crippen LogP contribution in [0.15, 0.2) is 24.3 Å². The number of nitrogens with zero attached hydrogens (tertiary/aromatic N) is 1. The molecule has 0 aromatic heterocycles. The summed E-state index contributed by atoms with van der Waals surface area (Å²) in [6.45, 7) is 16.4. The normalized spacial score (nSPS) is 11.8. The van der Waals surface area contributed by atoms with Gasteiger partial charge in [0.05, 0.1) is 13.2 Å². The van der Waals surface area contributed by atoms with Gasteiger partial charge in [-0.3, -0.25) is 0 Å². The van der Waals surface area contributed by atoms with Crippen LogP contribution >= 0.6 is 23.2 Å². The van der Waals surface area contributed by atoms with Gasteiger partial charge >= 0.3 is 33.9 Å². The summed E-state index contributed by atoms with van der Waals surface area (Å²) in [4.78, 5) is 2.17. The summed E-state index contributed by atoms with van der Waals surface area (Å²) >= 11 is 11.6. The van der Waals surface area contributed by atoms with E-state index in [-0.39, 0.29) is 23.7 Å². The van der Waals surface area contributed by atoms with Gasteiger partial charge in [-0.2, -0.15) is 0 Å². The van der Waals surface area contributed by atoms with E-state index in [4.69, 9.17) is 46.6 Å². The molecule has 6 nitrogen and oxygen atoms in total. The van der Waals surface area contributed by atoms with E-state index in [0.717, 1.165) is 24.3 Å². The van der Waals surface area contributed by atoms with Crippen LogP contribution in [0.4, 0.5) is 5.69 Å². The molecule has 1 aliphatic rings. The summed E-state index contributed by atoms with van der Waals surface area (Å²) in [6.07, 6.45) is -0.214. The van der Waals surface area contributed by atoms with Gasteiger partial charge < -0.3 is 14.4 Å². The minimum absolute atomic E-state index is 0. The molecule has 0 bridgehead atoms. The number of rotatable bonds is 6. The summed E-state index contributed by atoms with van der Waals surface area (Å²) in [5.41, 5.74) is 2.17. The van der Waals surface area contributed by atoms with Gasteiger partial charge in [-0.15, -0.1) is 23.2 Å². The third kappa shape index (κ3) is 11.5. The van der Waals surface area contributed by atoms with Crippen molar-refractivity contribution < 1.29 is 40.8 Å². The fourth-order valence-corrected chi connectivity index (χ4v) is 2.38. The number of hydrogen-bond acceptors (Lipinski definition) is 3. The van der Waals surface area contributed by atoms with Crippen LogP contribution in [0.25, 0.3) is 0 Å². The predicted octanol–water partition coefficient (Wildman–Crippen LogP) is 2.90. The van der Waals surface area contributed by atoms with E-state index in [2.05, 4.69) is 37.0 Å². The van der Waals surface area contributed by atoms with Crippen molar-refractivity contribution in [2.45, 2.75) is 6.29 Å². The van der Waals surface area contributed by atoms with Crippen LogP contribution in [-0.2, 0) is 40.8 Å². The second kappa shape index (κ2) is 21.3. The zero-order valence-corrected chi connectivity index (χ0v) is 16.1. The Morgan fingerprint density at radius 1 is 0.880 bits per heavy atom. The number of alkyl halides is 2. The van der Waals surface area contributed by atoms with Crippen LogP contribution in [0, 0.1) is 20.0 Å². The maximum Gasteiger partial charge on any atom is 0 e. The first-order chi connectivity index (χ1) is 11.8. The van der Waals surface area contributed by atoms with E-state index in [1.54, 1.807) is 0 Å². The van der Waals surface area contributed by atoms with E-state index < -0.39 is 0 Å². The second-order valence-corrected chi connectivity index (χ2v) is 4.79. The molecule has 1 aliphatic heterocycles. The molecule has 2 rings (SSSR count).